The lowest BCUT2D eigenvalue weighted by Gasteiger charge is -2.12. The number of aromatic nitrogens is 3. The predicted molar refractivity (Wildman–Crippen MR) is 66.0 cm³/mol. The van der Waals surface area contributed by atoms with Gasteiger partial charge in [0.2, 0.25) is 5.89 Å². The Hall–Kier alpha value is -1.48. The summed E-state index contributed by atoms with van der Waals surface area (Å²) in [7, 11) is 0. The van der Waals surface area contributed by atoms with Crippen molar-refractivity contribution in [1.29, 1.82) is 0 Å². The van der Waals surface area contributed by atoms with Gasteiger partial charge in [0.15, 0.2) is 11.5 Å². The summed E-state index contributed by atoms with van der Waals surface area (Å²) in [6.07, 6.45) is -3.80. The lowest BCUT2D eigenvalue weighted by molar-refractivity contribution is -0.140. The molecular formula is C11H13F3N4OS. The second-order valence-corrected chi connectivity index (χ2v) is 5.04. The van der Waals surface area contributed by atoms with E-state index in [-0.39, 0.29) is 6.04 Å². The minimum absolute atomic E-state index is 0.275. The molecule has 0 aliphatic rings. The summed E-state index contributed by atoms with van der Waals surface area (Å²) in [6, 6.07) is -0.275. The highest BCUT2D eigenvalue weighted by Crippen LogP contribution is 2.32. The third-order valence-electron chi connectivity index (χ3n) is 2.59. The highest BCUT2D eigenvalue weighted by Gasteiger charge is 2.34. The van der Waals surface area contributed by atoms with Crippen LogP contribution in [0.2, 0.25) is 0 Å². The van der Waals surface area contributed by atoms with Crippen molar-refractivity contribution in [3.63, 3.8) is 0 Å². The van der Waals surface area contributed by atoms with Crippen molar-refractivity contribution < 1.29 is 17.7 Å². The molecule has 0 fully saturated rings. The van der Waals surface area contributed by atoms with Crippen LogP contribution in [-0.4, -0.2) is 15.1 Å². The minimum atomic E-state index is -4.41. The SMILES string of the molecule is CC[C@@H](NCc1nc(C)no1)c1nc(C(F)(F)F)cs1. The first kappa shape index (κ1) is 14.9. The third-order valence-corrected chi connectivity index (χ3v) is 3.55. The molecule has 2 heterocycles. The fourth-order valence-electron chi connectivity index (χ4n) is 1.61. The van der Waals surface area contributed by atoms with E-state index >= 15 is 0 Å². The molecule has 0 bridgehead atoms. The summed E-state index contributed by atoms with van der Waals surface area (Å²) in [5, 5.41) is 8.13. The Labute approximate surface area is 117 Å². The number of alkyl halides is 3. The predicted octanol–water partition coefficient (Wildman–Crippen LogP) is 3.09. The van der Waals surface area contributed by atoms with Gasteiger partial charge in [-0.1, -0.05) is 12.1 Å². The molecule has 0 amide bonds. The lowest BCUT2D eigenvalue weighted by Crippen LogP contribution is -2.20. The zero-order valence-corrected chi connectivity index (χ0v) is 11.7. The Morgan fingerprint density at radius 2 is 2.15 bits per heavy atom. The Kier molecular flexibility index (Phi) is 4.39. The number of halogens is 3. The van der Waals surface area contributed by atoms with Crippen LogP contribution in [-0.2, 0) is 12.7 Å². The number of hydrogen-bond donors (Lipinski definition) is 1. The number of thiazole rings is 1. The van der Waals surface area contributed by atoms with Crippen molar-refractivity contribution in [2.45, 2.75) is 39.0 Å². The Morgan fingerprint density at radius 3 is 2.65 bits per heavy atom. The van der Waals surface area contributed by atoms with Gasteiger partial charge in [-0.05, 0) is 13.3 Å². The molecule has 20 heavy (non-hydrogen) atoms. The minimum Gasteiger partial charge on any atom is -0.338 e. The van der Waals surface area contributed by atoms with Crippen LogP contribution in [0, 0.1) is 6.92 Å². The third kappa shape index (κ3) is 3.54. The van der Waals surface area contributed by atoms with Crippen molar-refractivity contribution in [1.82, 2.24) is 20.4 Å². The van der Waals surface area contributed by atoms with E-state index in [1.807, 2.05) is 6.92 Å². The molecule has 0 saturated heterocycles. The standard InChI is InChI=1S/C11H13F3N4OS/c1-3-7(15-4-9-16-6(2)18-19-9)10-17-8(5-20-10)11(12,13)14/h5,7,15H,3-4H2,1-2H3/t7-/m1/s1. The topological polar surface area (TPSA) is 63.8 Å². The number of hydrogen-bond acceptors (Lipinski definition) is 6. The van der Waals surface area contributed by atoms with Crippen molar-refractivity contribution in [2.24, 2.45) is 0 Å². The largest absolute Gasteiger partial charge is 0.434 e. The van der Waals surface area contributed by atoms with Gasteiger partial charge in [0.25, 0.3) is 0 Å². The molecule has 2 aromatic heterocycles. The maximum atomic E-state index is 12.5. The molecule has 0 aromatic carbocycles. The van der Waals surface area contributed by atoms with Crippen molar-refractivity contribution in [2.75, 3.05) is 0 Å². The van der Waals surface area contributed by atoms with Crippen LogP contribution < -0.4 is 5.32 Å². The average molecular weight is 306 g/mol. The second-order valence-electron chi connectivity index (χ2n) is 4.15. The van der Waals surface area contributed by atoms with Gasteiger partial charge in [0.1, 0.15) is 5.01 Å². The molecule has 0 spiro atoms. The van der Waals surface area contributed by atoms with Crippen molar-refractivity contribution in [3.8, 4) is 0 Å². The highest BCUT2D eigenvalue weighted by atomic mass is 32.1. The summed E-state index contributed by atoms with van der Waals surface area (Å²) >= 11 is 0.989. The van der Waals surface area contributed by atoms with Crippen molar-refractivity contribution >= 4 is 11.3 Å². The van der Waals surface area contributed by atoms with E-state index < -0.39 is 11.9 Å². The van der Waals surface area contributed by atoms with E-state index in [1.54, 1.807) is 6.92 Å². The Bertz CT molecular complexity index is 566. The van der Waals surface area contributed by atoms with Crippen LogP contribution in [0.3, 0.4) is 0 Å². The van der Waals surface area contributed by atoms with E-state index in [0.717, 1.165) is 16.7 Å². The summed E-state index contributed by atoms with van der Waals surface area (Å²) in [4.78, 5) is 7.65. The summed E-state index contributed by atoms with van der Waals surface area (Å²) in [5.74, 6) is 0.914. The van der Waals surface area contributed by atoms with E-state index in [9.17, 15) is 13.2 Å². The van der Waals surface area contributed by atoms with Gasteiger partial charge < -0.3 is 4.52 Å². The first-order valence-electron chi connectivity index (χ1n) is 5.95. The fraction of sp³-hybridized carbons (Fsp3) is 0.545. The van der Waals surface area contributed by atoms with Gasteiger partial charge in [-0.2, -0.15) is 18.2 Å². The van der Waals surface area contributed by atoms with E-state index in [4.69, 9.17) is 4.52 Å². The van der Waals surface area contributed by atoms with Gasteiger partial charge >= 0.3 is 6.18 Å². The first-order valence-corrected chi connectivity index (χ1v) is 6.83. The quantitative estimate of drug-likeness (QED) is 0.919. The van der Waals surface area contributed by atoms with Crippen LogP contribution in [0.4, 0.5) is 13.2 Å². The molecule has 9 heteroatoms. The van der Waals surface area contributed by atoms with Gasteiger partial charge in [-0.25, -0.2) is 4.98 Å². The molecule has 0 aliphatic heterocycles. The number of nitrogens with one attached hydrogen (secondary N) is 1. The van der Waals surface area contributed by atoms with Crippen LogP contribution in [0.25, 0.3) is 0 Å². The molecule has 5 nitrogen and oxygen atoms in total. The Balaban J connectivity index is 2.03. The zero-order valence-electron chi connectivity index (χ0n) is 10.9. The fourth-order valence-corrected chi connectivity index (χ4v) is 2.59. The molecule has 2 rings (SSSR count). The number of aryl methyl sites for hydroxylation is 1. The monoisotopic (exact) mass is 306 g/mol. The average Bonchev–Trinajstić information content (AvgIpc) is 2.99. The summed E-state index contributed by atoms with van der Waals surface area (Å²) in [6.45, 7) is 3.85. The normalized spacial score (nSPS) is 13.7. The first-order chi connectivity index (χ1) is 9.40. The molecule has 0 radical (unpaired) electrons. The molecule has 0 unspecified atom stereocenters. The Morgan fingerprint density at radius 1 is 1.40 bits per heavy atom. The summed E-state index contributed by atoms with van der Waals surface area (Å²) in [5.41, 5.74) is -0.855. The zero-order chi connectivity index (χ0) is 14.8. The molecular weight excluding hydrogens is 293 g/mol. The molecule has 0 aliphatic carbocycles. The van der Waals surface area contributed by atoms with E-state index in [1.165, 1.54) is 0 Å². The van der Waals surface area contributed by atoms with Gasteiger partial charge in [0.05, 0.1) is 12.6 Å². The molecule has 1 atom stereocenters. The van der Waals surface area contributed by atoms with Crippen LogP contribution >= 0.6 is 11.3 Å². The number of nitrogens with zero attached hydrogens (tertiary/aromatic N) is 3. The van der Waals surface area contributed by atoms with E-state index in [0.29, 0.717) is 29.7 Å². The molecule has 2 aromatic rings. The van der Waals surface area contributed by atoms with Gasteiger partial charge in [-0.3, -0.25) is 5.32 Å². The molecule has 0 saturated carbocycles. The van der Waals surface area contributed by atoms with Gasteiger partial charge in [0, 0.05) is 5.38 Å². The van der Waals surface area contributed by atoms with Gasteiger partial charge in [-0.15, -0.1) is 11.3 Å². The van der Waals surface area contributed by atoms with Crippen LogP contribution in [0.1, 0.15) is 41.8 Å². The summed E-state index contributed by atoms with van der Waals surface area (Å²) < 4.78 is 42.5. The van der Waals surface area contributed by atoms with Crippen LogP contribution in [0.15, 0.2) is 9.90 Å². The maximum Gasteiger partial charge on any atom is 0.434 e. The van der Waals surface area contributed by atoms with E-state index in [2.05, 4.69) is 20.4 Å². The highest BCUT2D eigenvalue weighted by molar-refractivity contribution is 7.09. The molecule has 110 valence electrons. The van der Waals surface area contributed by atoms with Crippen molar-refractivity contribution in [3.05, 3.63) is 27.8 Å². The second kappa shape index (κ2) is 5.88. The maximum absolute atomic E-state index is 12.5. The van der Waals surface area contributed by atoms with Crippen LogP contribution in [0.5, 0.6) is 0 Å². The molecule has 1 N–H and O–H groups in total. The lowest BCUT2D eigenvalue weighted by atomic mass is 10.2. The number of rotatable bonds is 5. The smallest absolute Gasteiger partial charge is 0.338 e.